The van der Waals surface area contributed by atoms with Gasteiger partial charge in [0.05, 0.1) is 16.3 Å². The molecule has 1 fully saturated rings. The summed E-state index contributed by atoms with van der Waals surface area (Å²) in [6.07, 6.45) is 5.33. The third-order valence-corrected chi connectivity index (χ3v) is 6.85. The van der Waals surface area contributed by atoms with E-state index in [1.807, 2.05) is 24.0 Å². The van der Waals surface area contributed by atoms with Crippen LogP contribution in [0.1, 0.15) is 39.1 Å². The summed E-state index contributed by atoms with van der Waals surface area (Å²) >= 11 is 1.36. The third-order valence-electron chi connectivity index (χ3n) is 5.68. The van der Waals surface area contributed by atoms with E-state index in [1.54, 1.807) is 17.0 Å². The molecule has 3 aromatic rings. The number of amides is 1. The van der Waals surface area contributed by atoms with Gasteiger partial charge < -0.3 is 10.2 Å². The van der Waals surface area contributed by atoms with Crippen molar-refractivity contribution in [2.75, 3.05) is 19.6 Å². The van der Waals surface area contributed by atoms with E-state index in [1.165, 1.54) is 11.3 Å². The van der Waals surface area contributed by atoms with Crippen LogP contribution in [0.15, 0.2) is 29.3 Å². The molecule has 1 amide bonds. The second kappa shape index (κ2) is 6.79. The maximum Gasteiger partial charge on any atom is 0.264 e. The van der Waals surface area contributed by atoms with E-state index in [2.05, 4.69) is 15.3 Å². The molecule has 2 aliphatic heterocycles. The number of hydrogen-bond donors (Lipinski definition) is 1. The van der Waals surface area contributed by atoms with Gasteiger partial charge in [0.25, 0.3) is 11.5 Å². The van der Waals surface area contributed by atoms with Gasteiger partial charge in [-0.05, 0) is 36.6 Å². The molecule has 0 aromatic carbocycles. The number of carbonyl (C=O) groups excluding carboxylic acids is 1. The number of nitrogens with one attached hydrogen (secondary N) is 1. The fourth-order valence-corrected chi connectivity index (χ4v) is 5.33. The summed E-state index contributed by atoms with van der Waals surface area (Å²) in [6.45, 7) is 4.58. The standard InChI is InChI=1S/C20H21N5O2S/c1-12-16-18(23-15-3-2-9-25(15)19(16)26)28-17(12)20(27)24-10-8-22-14(11-24)13-4-6-21-7-5-13/h4-7,14,22H,2-3,8-11H2,1H3. The van der Waals surface area contributed by atoms with Gasteiger partial charge in [-0.1, -0.05) is 0 Å². The Hall–Kier alpha value is -2.58. The smallest absolute Gasteiger partial charge is 0.264 e. The number of pyridine rings is 1. The Labute approximate surface area is 166 Å². The van der Waals surface area contributed by atoms with Crippen molar-refractivity contribution >= 4 is 27.5 Å². The number of aromatic nitrogens is 3. The van der Waals surface area contributed by atoms with Crippen LogP contribution in [0.25, 0.3) is 10.2 Å². The van der Waals surface area contributed by atoms with Crippen LogP contribution in [0, 0.1) is 6.92 Å². The van der Waals surface area contributed by atoms with Gasteiger partial charge >= 0.3 is 0 Å². The highest BCUT2D eigenvalue weighted by molar-refractivity contribution is 7.20. The quantitative estimate of drug-likeness (QED) is 0.717. The molecule has 0 saturated carbocycles. The highest BCUT2D eigenvalue weighted by Gasteiger charge is 2.29. The molecule has 5 heterocycles. The van der Waals surface area contributed by atoms with Crippen molar-refractivity contribution < 1.29 is 4.79 Å². The second-order valence-corrected chi connectivity index (χ2v) is 8.36. The first kappa shape index (κ1) is 17.5. The molecule has 144 valence electrons. The van der Waals surface area contributed by atoms with Crippen molar-refractivity contribution in [2.45, 2.75) is 32.4 Å². The van der Waals surface area contributed by atoms with Crippen molar-refractivity contribution in [3.05, 3.63) is 56.7 Å². The van der Waals surface area contributed by atoms with Crippen LogP contribution < -0.4 is 10.9 Å². The van der Waals surface area contributed by atoms with Gasteiger partial charge in [-0.25, -0.2) is 4.98 Å². The Balaban J connectivity index is 1.48. The molecular formula is C20H21N5O2S. The summed E-state index contributed by atoms with van der Waals surface area (Å²) in [5.74, 6) is 0.836. The van der Waals surface area contributed by atoms with E-state index >= 15 is 0 Å². The van der Waals surface area contributed by atoms with Crippen molar-refractivity contribution in [3.8, 4) is 0 Å². The van der Waals surface area contributed by atoms with Crippen LogP contribution in [-0.4, -0.2) is 45.0 Å². The number of aryl methyl sites for hydroxylation is 2. The van der Waals surface area contributed by atoms with E-state index in [9.17, 15) is 9.59 Å². The second-order valence-electron chi connectivity index (χ2n) is 7.36. The molecule has 8 heteroatoms. The number of piperazine rings is 1. The Morgan fingerprint density at radius 1 is 1.29 bits per heavy atom. The lowest BCUT2D eigenvalue weighted by molar-refractivity contribution is 0.0707. The molecule has 0 spiro atoms. The number of nitrogens with zero attached hydrogens (tertiary/aromatic N) is 4. The molecule has 1 saturated heterocycles. The monoisotopic (exact) mass is 395 g/mol. The van der Waals surface area contributed by atoms with Crippen molar-refractivity contribution in [3.63, 3.8) is 0 Å². The zero-order valence-corrected chi connectivity index (χ0v) is 16.5. The van der Waals surface area contributed by atoms with Crippen molar-refractivity contribution in [1.82, 2.24) is 24.8 Å². The van der Waals surface area contributed by atoms with E-state index in [4.69, 9.17) is 0 Å². The van der Waals surface area contributed by atoms with E-state index in [-0.39, 0.29) is 17.5 Å². The minimum atomic E-state index is -0.00869. The highest BCUT2D eigenvalue weighted by Crippen LogP contribution is 2.30. The summed E-state index contributed by atoms with van der Waals surface area (Å²) in [7, 11) is 0. The third kappa shape index (κ3) is 2.75. The van der Waals surface area contributed by atoms with Gasteiger partial charge in [-0.2, -0.15) is 0 Å². The summed E-state index contributed by atoms with van der Waals surface area (Å²) < 4.78 is 1.76. The van der Waals surface area contributed by atoms with Crippen LogP contribution in [0.4, 0.5) is 0 Å². The highest BCUT2D eigenvalue weighted by atomic mass is 32.1. The summed E-state index contributed by atoms with van der Waals surface area (Å²) in [6, 6.07) is 4.04. The first-order chi connectivity index (χ1) is 13.6. The van der Waals surface area contributed by atoms with Gasteiger partial charge in [0, 0.05) is 45.0 Å². The molecule has 5 rings (SSSR count). The maximum absolute atomic E-state index is 13.3. The topological polar surface area (TPSA) is 80.1 Å². The predicted molar refractivity (Wildman–Crippen MR) is 108 cm³/mol. The Morgan fingerprint density at radius 3 is 2.93 bits per heavy atom. The number of rotatable bonds is 2. The van der Waals surface area contributed by atoms with Crippen LogP contribution in [0.2, 0.25) is 0 Å². The average Bonchev–Trinajstić information content (AvgIpc) is 3.33. The molecule has 3 aromatic heterocycles. The lowest BCUT2D eigenvalue weighted by Crippen LogP contribution is -2.48. The van der Waals surface area contributed by atoms with Crippen LogP contribution in [0.5, 0.6) is 0 Å². The number of fused-ring (bicyclic) bond motifs is 2. The van der Waals surface area contributed by atoms with Crippen LogP contribution in [-0.2, 0) is 13.0 Å². The Morgan fingerprint density at radius 2 is 2.11 bits per heavy atom. The molecular weight excluding hydrogens is 374 g/mol. The van der Waals surface area contributed by atoms with Gasteiger partial charge in [0.1, 0.15) is 10.7 Å². The predicted octanol–water partition coefficient (Wildman–Crippen LogP) is 1.89. The minimum absolute atomic E-state index is 0.000253. The van der Waals surface area contributed by atoms with Gasteiger partial charge in [-0.3, -0.25) is 19.1 Å². The van der Waals surface area contributed by atoms with Gasteiger partial charge in [-0.15, -0.1) is 11.3 Å². The van der Waals surface area contributed by atoms with E-state index in [0.29, 0.717) is 28.2 Å². The largest absolute Gasteiger partial charge is 0.335 e. The maximum atomic E-state index is 13.3. The van der Waals surface area contributed by atoms with E-state index < -0.39 is 0 Å². The molecule has 28 heavy (non-hydrogen) atoms. The Bertz CT molecular complexity index is 1120. The molecule has 1 N–H and O–H groups in total. The van der Waals surface area contributed by atoms with Crippen LogP contribution >= 0.6 is 11.3 Å². The summed E-state index contributed by atoms with van der Waals surface area (Å²) in [5, 5.41) is 4.08. The summed E-state index contributed by atoms with van der Waals surface area (Å²) in [4.78, 5) is 38.1. The minimum Gasteiger partial charge on any atom is -0.335 e. The molecule has 0 aliphatic carbocycles. The van der Waals surface area contributed by atoms with Gasteiger partial charge in [0.15, 0.2) is 0 Å². The zero-order valence-electron chi connectivity index (χ0n) is 15.6. The molecule has 2 aliphatic rings. The zero-order chi connectivity index (χ0) is 19.3. The average molecular weight is 395 g/mol. The number of carbonyl (C=O) groups is 1. The number of thiophene rings is 1. The first-order valence-corrected chi connectivity index (χ1v) is 10.4. The molecule has 7 nitrogen and oxygen atoms in total. The van der Waals surface area contributed by atoms with Crippen molar-refractivity contribution in [2.24, 2.45) is 0 Å². The summed E-state index contributed by atoms with van der Waals surface area (Å²) in [5.41, 5.74) is 1.89. The van der Waals surface area contributed by atoms with Crippen molar-refractivity contribution in [1.29, 1.82) is 0 Å². The lowest BCUT2D eigenvalue weighted by Gasteiger charge is -2.33. The van der Waals surface area contributed by atoms with Gasteiger partial charge in [0.2, 0.25) is 0 Å². The molecule has 1 atom stereocenters. The fourth-order valence-electron chi connectivity index (χ4n) is 4.18. The molecule has 0 bridgehead atoms. The number of hydrogen-bond acceptors (Lipinski definition) is 6. The normalized spacial score (nSPS) is 19.2. The fraction of sp³-hybridized carbons (Fsp3) is 0.400. The molecule has 0 radical (unpaired) electrons. The van der Waals surface area contributed by atoms with Crippen LogP contribution in [0.3, 0.4) is 0 Å². The van der Waals surface area contributed by atoms with E-state index in [0.717, 1.165) is 42.9 Å². The lowest BCUT2D eigenvalue weighted by atomic mass is 10.1. The first-order valence-electron chi connectivity index (χ1n) is 9.59. The SMILES string of the molecule is Cc1c(C(=O)N2CCNC(c3ccncc3)C2)sc2nc3n(c(=O)c12)CCC3. The Kier molecular flexibility index (Phi) is 4.25. The molecule has 1 unspecified atom stereocenters.